The van der Waals surface area contributed by atoms with Crippen molar-refractivity contribution in [2.24, 2.45) is 0 Å². The van der Waals surface area contributed by atoms with E-state index in [1.807, 2.05) is 36.5 Å². The number of halogens is 1. The largest absolute Gasteiger partial charge is 0.366 e. The molecular weight excluding hydrogens is 378 g/mol. The summed E-state index contributed by atoms with van der Waals surface area (Å²) in [4.78, 5) is 13.4. The third-order valence-corrected chi connectivity index (χ3v) is 4.51. The first-order valence-electron chi connectivity index (χ1n) is 8.30. The highest BCUT2D eigenvalue weighted by molar-refractivity contribution is 9.10. The Labute approximate surface area is 155 Å². The average Bonchev–Trinajstić information content (AvgIpc) is 3.46. The Morgan fingerprint density at radius 3 is 2.64 bits per heavy atom. The van der Waals surface area contributed by atoms with Gasteiger partial charge in [0.2, 0.25) is 5.95 Å². The summed E-state index contributed by atoms with van der Waals surface area (Å²) in [6.45, 7) is 0.708. The number of nitrogens with one attached hydrogen (secondary N) is 2. The minimum atomic E-state index is 0.503. The SMILES string of the molecule is Brc1ccc(CNc2cc(-c3cccnc3)nc(NC3CC3)n2)cc1. The zero-order valence-electron chi connectivity index (χ0n) is 13.6. The number of aromatic nitrogens is 3. The molecule has 1 saturated carbocycles. The molecule has 1 aromatic carbocycles. The molecule has 3 aromatic rings. The first-order valence-corrected chi connectivity index (χ1v) is 9.10. The molecule has 0 atom stereocenters. The van der Waals surface area contributed by atoms with E-state index in [4.69, 9.17) is 0 Å². The van der Waals surface area contributed by atoms with Crippen LogP contribution in [0.4, 0.5) is 11.8 Å². The van der Waals surface area contributed by atoms with Crippen molar-refractivity contribution in [1.29, 1.82) is 0 Å². The fourth-order valence-electron chi connectivity index (χ4n) is 2.47. The molecule has 126 valence electrons. The van der Waals surface area contributed by atoms with Gasteiger partial charge in [-0.05, 0) is 42.7 Å². The first kappa shape index (κ1) is 16.0. The molecule has 4 rings (SSSR count). The van der Waals surface area contributed by atoms with Crippen LogP contribution in [0.5, 0.6) is 0 Å². The van der Waals surface area contributed by atoms with E-state index in [2.05, 4.69) is 53.6 Å². The molecule has 1 fully saturated rings. The van der Waals surface area contributed by atoms with Gasteiger partial charge in [-0.1, -0.05) is 28.1 Å². The summed E-state index contributed by atoms with van der Waals surface area (Å²) in [6, 6.07) is 14.6. The summed E-state index contributed by atoms with van der Waals surface area (Å²) in [5.74, 6) is 1.47. The van der Waals surface area contributed by atoms with Crippen LogP contribution in [0, 0.1) is 0 Å². The number of rotatable bonds is 6. The van der Waals surface area contributed by atoms with Crippen molar-refractivity contribution in [3.63, 3.8) is 0 Å². The Balaban J connectivity index is 1.57. The van der Waals surface area contributed by atoms with Crippen molar-refractivity contribution in [3.05, 3.63) is 64.9 Å². The summed E-state index contributed by atoms with van der Waals surface area (Å²) in [7, 11) is 0. The second kappa shape index (κ2) is 7.19. The fourth-order valence-corrected chi connectivity index (χ4v) is 2.73. The summed E-state index contributed by atoms with van der Waals surface area (Å²) >= 11 is 3.46. The summed E-state index contributed by atoms with van der Waals surface area (Å²) in [5.41, 5.74) is 3.04. The number of benzene rings is 1. The number of pyridine rings is 1. The maximum atomic E-state index is 4.64. The van der Waals surface area contributed by atoms with Gasteiger partial charge < -0.3 is 10.6 Å². The van der Waals surface area contributed by atoms with Gasteiger partial charge in [-0.3, -0.25) is 4.98 Å². The van der Waals surface area contributed by atoms with Gasteiger partial charge in [-0.15, -0.1) is 0 Å². The van der Waals surface area contributed by atoms with Crippen LogP contribution < -0.4 is 10.6 Å². The molecular formula is C19H18BrN5. The predicted molar refractivity (Wildman–Crippen MR) is 103 cm³/mol. The summed E-state index contributed by atoms with van der Waals surface area (Å²) in [5, 5.41) is 6.78. The van der Waals surface area contributed by atoms with E-state index in [-0.39, 0.29) is 0 Å². The van der Waals surface area contributed by atoms with Crippen molar-refractivity contribution < 1.29 is 0 Å². The smallest absolute Gasteiger partial charge is 0.225 e. The molecule has 0 amide bonds. The topological polar surface area (TPSA) is 62.7 Å². The fraction of sp³-hybridized carbons (Fsp3) is 0.211. The van der Waals surface area contributed by atoms with Gasteiger partial charge in [-0.2, -0.15) is 4.98 Å². The number of nitrogens with zero attached hydrogens (tertiary/aromatic N) is 3. The maximum Gasteiger partial charge on any atom is 0.225 e. The van der Waals surface area contributed by atoms with Crippen molar-refractivity contribution >= 4 is 27.7 Å². The van der Waals surface area contributed by atoms with E-state index < -0.39 is 0 Å². The molecule has 1 aliphatic rings. The normalized spacial score (nSPS) is 13.5. The molecule has 0 radical (unpaired) electrons. The standard InChI is InChI=1S/C19H18BrN5/c20-15-5-3-13(4-6-15)11-22-18-10-17(14-2-1-9-21-12-14)24-19(25-18)23-16-7-8-16/h1-6,9-10,12,16H,7-8,11H2,(H2,22,23,24,25). The zero-order valence-corrected chi connectivity index (χ0v) is 15.2. The number of hydrogen-bond acceptors (Lipinski definition) is 5. The van der Waals surface area contributed by atoms with Crippen LogP contribution in [-0.2, 0) is 6.54 Å². The lowest BCUT2D eigenvalue weighted by Gasteiger charge is -2.11. The molecule has 0 saturated heterocycles. The van der Waals surface area contributed by atoms with Crippen molar-refractivity contribution in [2.75, 3.05) is 10.6 Å². The van der Waals surface area contributed by atoms with Crippen molar-refractivity contribution in [2.45, 2.75) is 25.4 Å². The Hall–Kier alpha value is -2.47. The van der Waals surface area contributed by atoms with Gasteiger partial charge in [0.05, 0.1) is 5.69 Å². The molecule has 25 heavy (non-hydrogen) atoms. The van der Waals surface area contributed by atoms with Crippen LogP contribution in [-0.4, -0.2) is 21.0 Å². The van der Waals surface area contributed by atoms with Crippen LogP contribution in [0.3, 0.4) is 0 Å². The Morgan fingerprint density at radius 2 is 1.92 bits per heavy atom. The van der Waals surface area contributed by atoms with Crippen molar-refractivity contribution in [3.8, 4) is 11.3 Å². The van der Waals surface area contributed by atoms with Crippen LogP contribution in [0.2, 0.25) is 0 Å². The zero-order chi connectivity index (χ0) is 17.1. The first-order chi connectivity index (χ1) is 12.3. The van der Waals surface area contributed by atoms with E-state index in [1.54, 1.807) is 6.20 Å². The lowest BCUT2D eigenvalue weighted by Crippen LogP contribution is -2.09. The molecule has 5 nitrogen and oxygen atoms in total. The molecule has 2 N–H and O–H groups in total. The van der Waals surface area contributed by atoms with Gasteiger partial charge in [0.1, 0.15) is 5.82 Å². The number of anilines is 2. The molecule has 0 aliphatic heterocycles. The average molecular weight is 396 g/mol. The van der Waals surface area contributed by atoms with Gasteiger partial charge in [-0.25, -0.2) is 4.98 Å². The van der Waals surface area contributed by atoms with Crippen LogP contribution >= 0.6 is 15.9 Å². The van der Waals surface area contributed by atoms with Gasteiger partial charge in [0.25, 0.3) is 0 Å². The van der Waals surface area contributed by atoms with Gasteiger partial charge in [0, 0.05) is 41.1 Å². The molecule has 6 heteroatoms. The van der Waals surface area contributed by atoms with E-state index in [0.717, 1.165) is 21.5 Å². The van der Waals surface area contributed by atoms with Crippen LogP contribution in [0.15, 0.2) is 59.3 Å². The quantitative estimate of drug-likeness (QED) is 0.643. The van der Waals surface area contributed by atoms with E-state index >= 15 is 0 Å². The van der Waals surface area contributed by atoms with E-state index in [1.165, 1.54) is 18.4 Å². The van der Waals surface area contributed by atoms with Crippen molar-refractivity contribution in [1.82, 2.24) is 15.0 Å². The van der Waals surface area contributed by atoms with E-state index in [9.17, 15) is 0 Å². The Morgan fingerprint density at radius 1 is 1.08 bits per heavy atom. The Bertz CT molecular complexity index is 847. The maximum absolute atomic E-state index is 4.64. The molecule has 0 spiro atoms. The molecule has 2 heterocycles. The molecule has 2 aromatic heterocycles. The predicted octanol–water partition coefficient (Wildman–Crippen LogP) is 4.49. The van der Waals surface area contributed by atoms with Crippen LogP contribution in [0.1, 0.15) is 18.4 Å². The van der Waals surface area contributed by atoms with Gasteiger partial charge in [0.15, 0.2) is 0 Å². The summed E-state index contributed by atoms with van der Waals surface area (Å²) < 4.78 is 1.08. The monoisotopic (exact) mass is 395 g/mol. The third kappa shape index (κ3) is 4.33. The second-order valence-electron chi connectivity index (χ2n) is 6.10. The highest BCUT2D eigenvalue weighted by Crippen LogP contribution is 2.26. The third-order valence-electron chi connectivity index (χ3n) is 3.98. The highest BCUT2D eigenvalue weighted by Gasteiger charge is 2.22. The molecule has 0 unspecified atom stereocenters. The van der Waals surface area contributed by atoms with Gasteiger partial charge >= 0.3 is 0 Å². The second-order valence-corrected chi connectivity index (χ2v) is 7.02. The summed E-state index contributed by atoms with van der Waals surface area (Å²) in [6.07, 6.45) is 5.95. The number of hydrogen-bond donors (Lipinski definition) is 2. The van der Waals surface area contributed by atoms with Crippen LogP contribution in [0.25, 0.3) is 11.3 Å². The highest BCUT2D eigenvalue weighted by atomic mass is 79.9. The Kier molecular flexibility index (Phi) is 4.61. The lowest BCUT2D eigenvalue weighted by molar-refractivity contribution is 1.03. The molecule has 0 bridgehead atoms. The van der Waals surface area contributed by atoms with E-state index in [0.29, 0.717) is 18.5 Å². The minimum absolute atomic E-state index is 0.503. The lowest BCUT2D eigenvalue weighted by atomic mass is 10.2. The molecule has 1 aliphatic carbocycles. The minimum Gasteiger partial charge on any atom is -0.366 e.